The zero-order valence-electron chi connectivity index (χ0n) is 19.9. The number of alkyl halides is 3. The van der Waals surface area contributed by atoms with Gasteiger partial charge in [-0.3, -0.25) is 4.79 Å². The predicted molar refractivity (Wildman–Crippen MR) is 125 cm³/mol. The van der Waals surface area contributed by atoms with E-state index in [2.05, 4.69) is 10.6 Å². The number of rotatable bonds is 7. The van der Waals surface area contributed by atoms with Crippen LogP contribution < -0.4 is 10.6 Å². The first kappa shape index (κ1) is 26.5. The number of carbonyl (C=O) groups is 2. The highest BCUT2D eigenvalue weighted by atomic mass is 19.4. The number of nitrogens with zero attached hydrogens (tertiary/aromatic N) is 1. The van der Waals surface area contributed by atoms with E-state index in [-0.39, 0.29) is 36.9 Å². The van der Waals surface area contributed by atoms with Gasteiger partial charge in [-0.05, 0) is 61.1 Å². The molecule has 0 aliphatic carbocycles. The third-order valence-corrected chi connectivity index (χ3v) is 6.31. The van der Waals surface area contributed by atoms with Crippen LogP contribution in [0.2, 0.25) is 0 Å². The summed E-state index contributed by atoms with van der Waals surface area (Å²) in [7, 11) is 0. The van der Waals surface area contributed by atoms with Crippen molar-refractivity contribution in [3.05, 3.63) is 70.5 Å². The van der Waals surface area contributed by atoms with Crippen LogP contribution >= 0.6 is 0 Å². The minimum Gasteiger partial charge on any atom is -0.352 e. The third kappa shape index (κ3) is 6.96. The molecular weight excluding hydrogens is 462 g/mol. The molecule has 2 aromatic carbocycles. The second kappa shape index (κ2) is 11.6. The first-order chi connectivity index (χ1) is 16.6. The molecule has 1 aliphatic rings. The molecule has 0 spiro atoms. The average Bonchev–Trinajstić information content (AvgIpc) is 2.83. The van der Waals surface area contributed by atoms with Gasteiger partial charge in [0.2, 0.25) is 5.91 Å². The van der Waals surface area contributed by atoms with Crippen molar-refractivity contribution < 1.29 is 27.2 Å². The fraction of sp³-hybridized carbons (Fsp3) is 0.462. The van der Waals surface area contributed by atoms with Crippen LogP contribution in [-0.2, 0) is 17.5 Å². The molecule has 1 heterocycles. The number of benzene rings is 2. The molecule has 0 radical (unpaired) electrons. The number of hydrogen-bond donors (Lipinski definition) is 2. The minimum absolute atomic E-state index is 0.0392. The van der Waals surface area contributed by atoms with E-state index >= 15 is 0 Å². The Bertz CT molecular complexity index is 1040. The molecule has 0 aromatic heterocycles. The van der Waals surface area contributed by atoms with Gasteiger partial charge in [-0.1, -0.05) is 37.6 Å². The van der Waals surface area contributed by atoms with Crippen molar-refractivity contribution in [2.75, 3.05) is 13.1 Å². The summed E-state index contributed by atoms with van der Waals surface area (Å²) in [6.45, 7) is 4.31. The second-order valence-electron chi connectivity index (χ2n) is 8.95. The molecule has 2 N–H and O–H groups in total. The van der Waals surface area contributed by atoms with Gasteiger partial charge >= 0.3 is 12.2 Å². The molecule has 3 amide bonds. The van der Waals surface area contributed by atoms with Gasteiger partial charge in [0.05, 0.1) is 17.5 Å². The number of carbonyl (C=O) groups excluding carboxylic acids is 2. The lowest BCUT2D eigenvalue weighted by Crippen LogP contribution is -2.50. The van der Waals surface area contributed by atoms with Gasteiger partial charge in [-0.2, -0.15) is 13.2 Å². The first-order valence-corrected chi connectivity index (χ1v) is 11.8. The van der Waals surface area contributed by atoms with Crippen LogP contribution in [0.3, 0.4) is 0 Å². The molecule has 35 heavy (non-hydrogen) atoms. The Kier molecular flexibility index (Phi) is 8.75. The zero-order valence-corrected chi connectivity index (χ0v) is 19.9. The van der Waals surface area contributed by atoms with Gasteiger partial charge in [-0.15, -0.1) is 0 Å². The largest absolute Gasteiger partial charge is 0.416 e. The van der Waals surface area contributed by atoms with Gasteiger partial charge in [-0.25, -0.2) is 9.18 Å². The highest BCUT2D eigenvalue weighted by molar-refractivity contribution is 5.81. The molecule has 1 aliphatic heterocycles. The van der Waals surface area contributed by atoms with Gasteiger partial charge in [0.1, 0.15) is 5.82 Å². The van der Waals surface area contributed by atoms with E-state index in [1.165, 1.54) is 18.2 Å². The lowest BCUT2D eigenvalue weighted by molar-refractivity contribution is -0.137. The molecule has 0 saturated carbocycles. The molecule has 0 unspecified atom stereocenters. The fourth-order valence-electron chi connectivity index (χ4n) is 4.30. The summed E-state index contributed by atoms with van der Waals surface area (Å²) < 4.78 is 52.7. The van der Waals surface area contributed by atoms with Crippen LogP contribution in [-0.4, -0.2) is 29.9 Å². The Labute approximate surface area is 202 Å². The van der Waals surface area contributed by atoms with Crippen molar-refractivity contribution in [2.24, 2.45) is 5.92 Å². The van der Waals surface area contributed by atoms with Crippen LogP contribution in [0.4, 0.5) is 22.4 Å². The highest BCUT2D eigenvalue weighted by Gasteiger charge is 2.36. The van der Waals surface area contributed by atoms with Gasteiger partial charge < -0.3 is 15.5 Å². The quantitative estimate of drug-likeness (QED) is 0.382. The lowest BCUT2D eigenvalue weighted by atomic mass is 9.88. The maximum Gasteiger partial charge on any atom is 0.416 e. The maximum absolute atomic E-state index is 13.8. The van der Waals surface area contributed by atoms with Crippen molar-refractivity contribution in [1.29, 1.82) is 0 Å². The van der Waals surface area contributed by atoms with E-state index in [1.54, 1.807) is 24.0 Å². The molecule has 3 rings (SSSR count). The number of piperidine rings is 1. The summed E-state index contributed by atoms with van der Waals surface area (Å²) in [4.78, 5) is 27.5. The van der Waals surface area contributed by atoms with Crippen LogP contribution in [0, 0.1) is 18.7 Å². The van der Waals surface area contributed by atoms with Crippen molar-refractivity contribution in [3.8, 4) is 0 Å². The molecule has 0 bridgehead atoms. The Balaban J connectivity index is 1.70. The standard InChI is InChI=1S/C26H31F4N3O2/c1-3-4-12-31-25(35)33-16-20(9-11-23(33)19-8-10-22(27)17(2)13-19)24(34)32-15-18-6-5-7-21(14-18)26(28,29)30/h5-8,10,13-14,20,23H,3-4,9,11-12,15-16H2,1-2H3,(H,31,35)(H,32,34)/t20-,23+/m0/s1. The van der Waals surface area contributed by atoms with Crippen LogP contribution in [0.25, 0.3) is 0 Å². The number of amides is 3. The van der Waals surface area contributed by atoms with E-state index < -0.39 is 17.7 Å². The number of urea groups is 1. The van der Waals surface area contributed by atoms with Gasteiger partial charge in [0.25, 0.3) is 0 Å². The molecule has 9 heteroatoms. The van der Waals surface area contributed by atoms with Crippen LogP contribution in [0.5, 0.6) is 0 Å². The molecule has 5 nitrogen and oxygen atoms in total. The van der Waals surface area contributed by atoms with Gasteiger partial charge in [0, 0.05) is 19.6 Å². The lowest BCUT2D eigenvalue weighted by Gasteiger charge is -2.39. The summed E-state index contributed by atoms with van der Waals surface area (Å²) in [6, 6.07) is 9.00. The smallest absolute Gasteiger partial charge is 0.352 e. The van der Waals surface area contributed by atoms with E-state index in [1.807, 2.05) is 6.92 Å². The summed E-state index contributed by atoms with van der Waals surface area (Å²) in [5, 5.41) is 5.61. The number of nitrogens with one attached hydrogen (secondary N) is 2. The molecule has 1 saturated heterocycles. The average molecular weight is 494 g/mol. The van der Waals surface area contributed by atoms with E-state index in [0.29, 0.717) is 30.5 Å². The van der Waals surface area contributed by atoms with E-state index in [0.717, 1.165) is 30.5 Å². The Morgan fingerprint density at radius 1 is 1.09 bits per heavy atom. The normalized spacial score (nSPS) is 18.3. The fourth-order valence-corrected chi connectivity index (χ4v) is 4.30. The zero-order chi connectivity index (χ0) is 25.6. The summed E-state index contributed by atoms with van der Waals surface area (Å²) in [5.74, 6) is -1.15. The number of likely N-dealkylation sites (tertiary alicyclic amines) is 1. The SMILES string of the molecule is CCCCNC(=O)N1C[C@@H](C(=O)NCc2cccc(C(F)(F)F)c2)CC[C@@H]1c1ccc(F)c(C)c1. The first-order valence-electron chi connectivity index (χ1n) is 11.8. The molecule has 190 valence electrons. The van der Waals surface area contributed by atoms with Crippen molar-refractivity contribution in [1.82, 2.24) is 15.5 Å². The number of unbranched alkanes of at least 4 members (excludes halogenated alkanes) is 1. The monoisotopic (exact) mass is 493 g/mol. The molecule has 2 atom stereocenters. The van der Waals surface area contributed by atoms with Crippen molar-refractivity contribution in [2.45, 2.75) is 58.3 Å². The molecular formula is C26H31F4N3O2. The summed E-state index contributed by atoms with van der Waals surface area (Å²) in [5.41, 5.74) is 0.860. The summed E-state index contributed by atoms with van der Waals surface area (Å²) in [6.07, 6.45) is -1.72. The van der Waals surface area contributed by atoms with Gasteiger partial charge in [0.15, 0.2) is 0 Å². The summed E-state index contributed by atoms with van der Waals surface area (Å²) >= 11 is 0. The molecule has 1 fully saturated rings. The van der Waals surface area contributed by atoms with E-state index in [9.17, 15) is 27.2 Å². The number of hydrogen-bond acceptors (Lipinski definition) is 2. The third-order valence-electron chi connectivity index (χ3n) is 6.31. The minimum atomic E-state index is -4.46. The topological polar surface area (TPSA) is 61.4 Å². The van der Waals surface area contributed by atoms with E-state index in [4.69, 9.17) is 0 Å². The number of aryl methyl sites for hydroxylation is 1. The Morgan fingerprint density at radius 2 is 1.86 bits per heavy atom. The molecule has 2 aromatic rings. The van der Waals surface area contributed by atoms with Crippen LogP contribution in [0.1, 0.15) is 60.9 Å². The Hall–Kier alpha value is -3.10. The highest BCUT2D eigenvalue weighted by Crippen LogP contribution is 2.34. The number of halogens is 4. The Morgan fingerprint density at radius 3 is 2.54 bits per heavy atom. The van der Waals surface area contributed by atoms with Crippen molar-refractivity contribution in [3.63, 3.8) is 0 Å². The predicted octanol–water partition coefficient (Wildman–Crippen LogP) is 5.73. The maximum atomic E-state index is 13.8. The van der Waals surface area contributed by atoms with Crippen molar-refractivity contribution >= 4 is 11.9 Å². The second-order valence-corrected chi connectivity index (χ2v) is 8.95. The van der Waals surface area contributed by atoms with Crippen LogP contribution in [0.15, 0.2) is 42.5 Å².